The van der Waals surface area contributed by atoms with Crippen LogP contribution < -0.4 is 9.47 Å². The van der Waals surface area contributed by atoms with Crippen LogP contribution >= 0.6 is 11.6 Å². The topological polar surface area (TPSA) is 59.1 Å². The number of hydrogen-bond donors (Lipinski definition) is 0. The zero-order valence-electron chi connectivity index (χ0n) is 12.3. The van der Waals surface area contributed by atoms with Gasteiger partial charge in [-0.25, -0.2) is 0 Å². The average molecular weight is 325 g/mol. The molecule has 2 heterocycles. The molecule has 1 saturated heterocycles. The molecule has 0 aromatic heterocycles. The molecule has 1 fully saturated rings. The Bertz CT molecular complexity index is 620. The second-order valence-electron chi connectivity index (χ2n) is 5.34. The van der Waals surface area contributed by atoms with E-state index in [0.29, 0.717) is 48.3 Å². The van der Waals surface area contributed by atoms with E-state index in [4.69, 9.17) is 21.1 Å². The number of nitrogens with zero attached hydrogens (tertiary/aromatic N) is 2. The van der Waals surface area contributed by atoms with Gasteiger partial charge in [0, 0.05) is 38.7 Å². The third-order valence-electron chi connectivity index (χ3n) is 3.90. The van der Waals surface area contributed by atoms with Crippen LogP contribution in [0, 0.1) is 0 Å². The van der Waals surface area contributed by atoms with Gasteiger partial charge in [-0.1, -0.05) is 11.6 Å². The fraction of sp³-hybridized carbons (Fsp3) is 0.467. The van der Waals surface area contributed by atoms with Crippen molar-refractivity contribution in [2.45, 2.75) is 13.3 Å². The Kier molecular flexibility index (Phi) is 4.11. The van der Waals surface area contributed by atoms with Gasteiger partial charge in [-0.2, -0.15) is 0 Å². The highest BCUT2D eigenvalue weighted by Gasteiger charge is 2.25. The van der Waals surface area contributed by atoms with E-state index >= 15 is 0 Å². The molecule has 0 aliphatic carbocycles. The van der Waals surface area contributed by atoms with Gasteiger partial charge >= 0.3 is 0 Å². The fourth-order valence-electron chi connectivity index (χ4n) is 2.71. The molecule has 1 aromatic carbocycles. The Morgan fingerprint density at radius 2 is 1.82 bits per heavy atom. The number of carbonyl (C=O) groups is 2. The first-order valence-corrected chi connectivity index (χ1v) is 7.58. The molecule has 6 nitrogen and oxygen atoms in total. The second-order valence-corrected chi connectivity index (χ2v) is 5.75. The predicted molar refractivity (Wildman–Crippen MR) is 80.3 cm³/mol. The number of hydrogen-bond acceptors (Lipinski definition) is 4. The zero-order chi connectivity index (χ0) is 15.7. The van der Waals surface area contributed by atoms with Crippen molar-refractivity contribution in [3.63, 3.8) is 0 Å². The molecule has 2 aliphatic heterocycles. The highest BCUT2D eigenvalue weighted by Crippen LogP contribution is 2.40. The lowest BCUT2D eigenvalue weighted by Crippen LogP contribution is -2.36. The lowest BCUT2D eigenvalue weighted by atomic mass is 10.1. The molecule has 1 aromatic rings. The molecule has 3 rings (SSSR count). The Morgan fingerprint density at radius 3 is 2.59 bits per heavy atom. The van der Waals surface area contributed by atoms with Crippen LogP contribution in [0.2, 0.25) is 5.02 Å². The molecule has 0 N–H and O–H groups in total. The summed E-state index contributed by atoms with van der Waals surface area (Å²) in [4.78, 5) is 27.6. The predicted octanol–water partition coefficient (Wildman–Crippen LogP) is 1.76. The van der Waals surface area contributed by atoms with E-state index in [1.54, 1.807) is 28.9 Å². The molecule has 0 atom stereocenters. The molecule has 0 bridgehead atoms. The molecular weight excluding hydrogens is 308 g/mol. The fourth-order valence-corrected chi connectivity index (χ4v) is 2.97. The lowest BCUT2D eigenvalue weighted by Gasteiger charge is -2.21. The SMILES string of the molecule is CC(=O)N1CCCN(C(=O)c2cc(Cl)c3c(c2)OCO3)CC1. The minimum atomic E-state index is -0.106. The van der Waals surface area contributed by atoms with E-state index in [2.05, 4.69) is 0 Å². The summed E-state index contributed by atoms with van der Waals surface area (Å²) in [6.45, 7) is 4.04. The largest absolute Gasteiger partial charge is 0.454 e. The van der Waals surface area contributed by atoms with Gasteiger partial charge in [0.2, 0.25) is 12.7 Å². The van der Waals surface area contributed by atoms with Crippen LogP contribution in [0.1, 0.15) is 23.7 Å². The van der Waals surface area contributed by atoms with Crippen molar-refractivity contribution >= 4 is 23.4 Å². The van der Waals surface area contributed by atoms with Gasteiger partial charge in [0.15, 0.2) is 11.5 Å². The summed E-state index contributed by atoms with van der Waals surface area (Å²) in [5, 5.41) is 0.374. The van der Waals surface area contributed by atoms with Gasteiger partial charge in [-0.05, 0) is 18.6 Å². The van der Waals surface area contributed by atoms with Gasteiger partial charge < -0.3 is 19.3 Å². The summed E-state index contributed by atoms with van der Waals surface area (Å²) in [6.07, 6.45) is 0.767. The van der Waals surface area contributed by atoms with Crippen LogP contribution in [0.15, 0.2) is 12.1 Å². The number of carbonyl (C=O) groups excluding carboxylic acids is 2. The number of rotatable bonds is 1. The van der Waals surface area contributed by atoms with E-state index < -0.39 is 0 Å². The van der Waals surface area contributed by atoms with Crippen LogP contribution in [0.3, 0.4) is 0 Å². The minimum Gasteiger partial charge on any atom is -0.454 e. The summed E-state index contributed by atoms with van der Waals surface area (Å²) in [6, 6.07) is 3.26. The van der Waals surface area contributed by atoms with Crippen LogP contribution in [-0.4, -0.2) is 54.6 Å². The molecule has 22 heavy (non-hydrogen) atoms. The summed E-state index contributed by atoms with van der Waals surface area (Å²) in [5.41, 5.74) is 0.477. The van der Waals surface area contributed by atoms with Crippen LogP contribution in [0.25, 0.3) is 0 Å². The monoisotopic (exact) mass is 324 g/mol. The molecule has 2 amide bonds. The van der Waals surface area contributed by atoms with Gasteiger partial charge in [-0.15, -0.1) is 0 Å². The normalized spacial score (nSPS) is 17.4. The first kappa shape index (κ1) is 15.0. The summed E-state index contributed by atoms with van der Waals surface area (Å²) < 4.78 is 10.5. The van der Waals surface area contributed by atoms with Gasteiger partial charge in [-0.3, -0.25) is 9.59 Å². The maximum Gasteiger partial charge on any atom is 0.254 e. The van der Waals surface area contributed by atoms with E-state index in [0.717, 1.165) is 6.42 Å². The van der Waals surface area contributed by atoms with Crippen molar-refractivity contribution in [2.24, 2.45) is 0 Å². The quantitative estimate of drug-likeness (QED) is 0.790. The van der Waals surface area contributed by atoms with E-state index in [1.165, 1.54) is 0 Å². The van der Waals surface area contributed by atoms with Crippen molar-refractivity contribution in [1.29, 1.82) is 0 Å². The van der Waals surface area contributed by atoms with Gasteiger partial charge in [0.1, 0.15) is 0 Å². The van der Waals surface area contributed by atoms with Crippen molar-refractivity contribution < 1.29 is 19.1 Å². The van der Waals surface area contributed by atoms with Crippen LogP contribution in [-0.2, 0) is 4.79 Å². The smallest absolute Gasteiger partial charge is 0.254 e. The number of halogens is 1. The summed E-state index contributed by atoms with van der Waals surface area (Å²) in [7, 11) is 0. The number of fused-ring (bicyclic) bond motifs is 1. The van der Waals surface area contributed by atoms with Gasteiger partial charge in [0.25, 0.3) is 5.91 Å². The number of ether oxygens (including phenoxy) is 2. The third-order valence-corrected chi connectivity index (χ3v) is 4.18. The highest BCUT2D eigenvalue weighted by molar-refractivity contribution is 6.32. The third kappa shape index (κ3) is 2.83. The molecule has 0 saturated carbocycles. The molecule has 7 heteroatoms. The Balaban J connectivity index is 1.77. The van der Waals surface area contributed by atoms with Crippen molar-refractivity contribution in [1.82, 2.24) is 9.80 Å². The maximum absolute atomic E-state index is 12.6. The van der Waals surface area contributed by atoms with Crippen molar-refractivity contribution in [3.05, 3.63) is 22.7 Å². The summed E-state index contributed by atoms with van der Waals surface area (Å²) in [5.74, 6) is 0.916. The lowest BCUT2D eigenvalue weighted by molar-refractivity contribution is -0.128. The molecular formula is C15H17ClN2O4. The molecule has 0 unspecified atom stereocenters. The highest BCUT2D eigenvalue weighted by atomic mass is 35.5. The molecule has 0 spiro atoms. The Hall–Kier alpha value is -1.95. The van der Waals surface area contributed by atoms with Crippen molar-refractivity contribution in [3.8, 4) is 11.5 Å². The average Bonchev–Trinajstić information content (AvgIpc) is 2.82. The molecule has 2 aliphatic rings. The van der Waals surface area contributed by atoms with E-state index in [9.17, 15) is 9.59 Å². The summed E-state index contributed by atoms with van der Waals surface area (Å²) >= 11 is 6.13. The first-order valence-electron chi connectivity index (χ1n) is 7.20. The maximum atomic E-state index is 12.6. The van der Waals surface area contributed by atoms with Crippen LogP contribution in [0.5, 0.6) is 11.5 Å². The zero-order valence-corrected chi connectivity index (χ0v) is 13.1. The Morgan fingerprint density at radius 1 is 1.09 bits per heavy atom. The number of amides is 2. The number of benzene rings is 1. The van der Waals surface area contributed by atoms with Crippen LogP contribution in [0.4, 0.5) is 0 Å². The minimum absolute atomic E-state index is 0.0421. The first-order chi connectivity index (χ1) is 10.6. The van der Waals surface area contributed by atoms with E-state index in [1.807, 2.05) is 0 Å². The molecule has 118 valence electrons. The van der Waals surface area contributed by atoms with E-state index in [-0.39, 0.29) is 18.6 Å². The van der Waals surface area contributed by atoms with Crippen molar-refractivity contribution in [2.75, 3.05) is 33.0 Å². The second kappa shape index (κ2) is 6.04. The Labute approximate surface area is 133 Å². The van der Waals surface area contributed by atoms with Gasteiger partial charge in [0.05, 0.1) is 5.02 Å². The standard InChI is InChI=1S/C15H17ClN2O4/c1-10(19)17-3-2-4-18(6-5-17)15(20)11-7-12(16)14-13(8-11)21-9-22-14/h7-8H,2-6,9H2,1H3. The molecule has 0 radical (unpaired) electrons.